The minimum absolute atomic E-state index is 0.145. The molecule has 1 aromatic rings. The molecule has 4 nitrogen and oxygen atoms in total. The molecule has 112 valence electrons. The molecule has 1 aromatic heterocycles. The fourth-order valence-corrected chi connectivity index (χ4v) is 2.32. The fourth-order valence-electron chi connectivity index (χ4n) is 2.32. The number of likely N-dealkylation sites (N-methyl/N-ethyl adjacent to an activating group) is 1. The van der Waals surface area contributed by atoms with E-state index in [0.29, 0.717) is 6.54 Å². The Morgan fingerprint density at radius 3 is 2.70 bits per heavy atom. The number of nitrogens with zero attached hydrogens (tertiary/aromatic N) is 2. The second-order valence-electron chi connectivity index (χ2n) is 5.01. The Hall–Kier alpha value is -1.42. The van der Waals surface area contributed by atoms with Crippen LogP contribution in [0.2, 0.25) is 0 Å². The summed E-state index contributed by atoms with van der Waals surface area (Å²) >= 11 is 0. The minimum atomic E-state index is -0.174. The monoisotopic (exact) mass is 278 g/mol. The molecule has 0 aliphatic heterocycles. The number of aryl methyl sites for hydroxylation is 1. The summed E-state index contributed by atoms with van der Waals surface area (Å²) in [6.45, 7) is 7.67. The van der Waals surface area contributed by atoms with Gasteiger partial charge in [0.2, 0.25) is 0 Å². The summed E-state index contributed by atoms with van der Waals surface area (Å²) in [5.74, 6) is -0.145. The smallest absolute Gasteiger partial charge is 0.323 e. The largest absolute Gasteiger partial charge is 0.468 e. The maximum Gasteiger partial charge on any atom is 0.323 e. The van der Waals surface area contributed by atoms with Gasteiger partial charge in [-0.3, -0.25) is 14.7 Å². The molecule has 0 radical (unpaired) electrons. The number of rotatable bonds is 8. The van der Waals surface area contributed by atoms with Gasteiger partial charge in [-0.15, -0.1) is 0 Å². The summed E-state index contributed by atoms with van der Waals surface area (Å²) in [7, 11) is 1.46. The minimum Gasteiger partial charge on any atom is -0.468 e. The number of carbonyl (C=O) groups is 1. The molecule has 0 bridgehead atoms. The summed E-state index contributed by atoms with van der Waals surface area (Å²) < 4.78 is 4.95. The molecule has 0 aliphatic rings. The van der Waals surface area contributed by atoms with Crippen LogP contribution in [0.3, 0.4) is 0 Å². The molecule has 1 atom stereocenters. The molecule has 0 fully saturated rings. The van der Waals surface area contributed by atoms with Crippen molar-refractivity contribution in [2.45, 2.75) is 52.6 Å². The van der Waals surface area contributed by atoms with Crippen LogP contribution < -0.4 is 0 Å². The van der Waals surface area contributed by atoms with E-state index < -0.39 is 0 Å². The zero-order chi connectivity index (χ0) is 15.0. The van der Waals surface area contributed by atoms with E-state index in [0.717, 1.165) is 37.2 Å². The Morgan fingerprint density at radius 1 is 1.40 bits per heavy atom. The van der Waals surface area contributed by atoms with Gasteiger partial charge in [-0.05, 0) is 32.0 Å². The van der Waals surface area contributed by atoms with Crippen LogP contribution in [0.15, 0.2) is 18.2 Å². The zero-order valence-electron chi connectivity index (χ0n) is 13.1. The highest BCUT2D eigenvalue weighted by Crippen LogP contribution is 2.14. The quantitative estimate of drug-likeness (QED) is 0.686. The Bertz CT molecular complexity index is 421. The molecule has 0 aromatic carbocycles. The van der Waals surface area contributed by atoms with Crippen LogP contribution in [-0.2, 0) is 16.1 Å². The summed E-state index contributed by atoms with van der Waals surface area (Å²) in [5, 5.41) is 0. The number of hydrogen-bond acceptors (Lipinski definition) is 4. The van der Waals surface area contributed by atoms with E-state index in [-0.39, 0.29) is 12.0 Å². The van der Waals surface area contributed by atoms with Crippen LogP contribution in [0.25, 0.3) is 0 Å². The molecule has 1 heterocycles. The Balaban J connectivity index is 2.81. The van der Waals surface area contributed by atoms with Gasteiger partial charge in [0.05, 0.1) is 12.8 Å². The number of pyridine rings is 1. The van der Waals surface area contributed by atoms with E-state index in [1.165, 1.54) is 7.11 Å². The van der Waals surface area contributed by atoms with Crippen molar-refractivity contribution in [1.82, 2.24) is 9.88 Å². The normalized spacial score (nSPS) is 12.4. The molecule has 0 saturated heterocycles. The lowest BCUT2D eigenvalue weighted by Crippen LogP contribution is -2.41. The lowest BCUT2D eigenvalue weighted by atomic mass is 10.1. The van der Waals surface area contributed by atoms with Crippen LogP contribution in [0.5, 0.6) is 0 Å². The number of hydrogen-bond donors (Lipinski definition) is 0. The maximum atomic E-state index is 12.0. The third-order valence-corrected chi connectivity index (χ3v) is 3.46. The van der Waals surface area contributed by atoms with Gasteiger partial charge in [-0.25, -0.2) is 0 Å². The highest BCUT2D eigenvalue weighted by molar-refractivity contribution is 5.75. The third kappa shape index (κ3) is 4.93. The van der Waals surface area contributed by atoms with Crippen molar-refractivity contribution in [2.75, 3.05) is 13.7 Å². The van der Waals surface area contributed by atoms with E-state index in [9.17, 15) is 4.79 Å². The Labute approximate surface area is 122 Å². The lowest BCUT2D eigenvalue weighted by Gasteiger charge is -2.28. The summed E-state index contributed by atoms with van der Waals surface area (Å²) in [6.07, 6.45) is 2.94. The van der Waals surface area contributed by atoms with E-state index in [2.05, 4.69) is 23.7 Å². The van der Waals surface area contributed by atoms with Crippen LogP contribution in [0.4, 0.5) is 0 Å². The highest BCUT2D eigenvalue weighted by Gasteiger charge is 2.25. The van der Waals surface area contributed by atoms with Crippen LogP contribution in [-0.4, -0.2) is 35.5 Å². The first-order valence-electron chi connectivity index (χ1n) is 7.36. The van der Waals surface area contributed by atoms with Gasteiger partial charge in [-0.2, -0.15) is 0 Å². The van der Waals surface area contributed by atoms with Gasteiger partial charge in [0.15, 0.2) is 0 Å². The first-order valence-corrected chi connectivity index (χ1v) is 7.36. The second-order valence-corrected chi connectivity index (χ2v) is 5.01. The average Bonchev–Trinajstić information content (AvgIpc) is 2.45. The van der Waals surface area contributed by atoms with Crippen LogP contribution in [0.1, 0.15) is 44.5 Å². The molecular formula is C16H26N2O2. The zero-order valence-corrected chi connectivity index (χ0v) is 13.1. The maximum absolute atomic E-state index is 12.0. The molecule has 1 unspecified atom stereocenters. The molecule has 0 amide bonds. The van der Waals surface area contributed by atoms with E-state index in [4.69, 9.17) is 4.74 Å². The molecule has 4 heteroatoms. The number of unbranched alkanes of at least 4 members (excludes halogenated alkanes) is 1. The number of carbonyl (C=O) groups excluding carboxylic acids is 1. The standard InChI is InChI=1S/C16H26N2O2/c1-5-7-11-15(16(19)20-4)18(6-2)12-14-10-8-9-13(3)17-14/h8-10,15H,5-7,11-12H2,1-4H3. The first kappa shape index (κ1) is 16.6. The van der Waals surface area contributed by atoms with Crippen molar-refractivity contribution in [2.24, 2.45) is 0 Å². The van der Waals surface area contributed by atoms with Gasteiger partial charge in [-0.1, -0.05) is 32.8 Å². The SMILES string of the molecule is CCCCC(C(=O)OC)N(CC)Cc1cccc(C)n1. The predicted octanol–water partition coefficient (Wildman–Crippen LogP) is 2.94. The fraction of sp³-hybridized carbons (Fsp3) is 0.625. The number of aromatic nitrogens is 1. The third-order valence-electron chi connectivity index (χ3n) is 3.46. The van der Waals surface area contributed by atoms with E-state index >= 15 is 0 Å². The number of esters is 1. The van der Waals surface area contributed by atoms with Crippen molar-refractivity contribution in [3.8, 4) is 0 Å². The first-order chi connectivity index (χ1) is 9.62. The van der Waals surface area contributed by atoms with Gasteiger partial charge in [0.25, 0.3) is 0 Å². The summed E-state index contributed by atoms with van der Waals surface area (Å²) in [5.41, 5.74) is 2.00. The number of methoxy groups -OCH3 is 1. The van der Waals surface area contributed by atoms with Crippen molar-refractivity contribution in [3.63, 3.8) is 0 Å². The number of ether oxygens (including phenoxy) is 1. The molecule has 20 heavy (non-hydrogen) atoms. The molecule has 0 N–H and O–H groups in total. The van der Waals surface area contributed by atoms with Crippen molar-refractivity contribution < 1.29 is 9.53 Å². The Kier molecular flexibility index (Phi) is 7.23. The topological polar surface area (TPSA) is 42.4 Å². The van der Waals surface area contributed by atoms with Crippen molar-refractivity contribution in [1.29, 1.82) is 0 Å². The van der Waals surface area contributed by atoms with Gasteiger partial charge >= 0.3 is 5.97 Å². The summed E-state index contributed by atoms with van der Waals surface area (Å²) in [4.78, 5) is 18.6. The summed E-state index contributed by atoms with van der Waals surface area (Å²) in [6, 6.07) is 5.82. The van der Waals surface area contributed by atoms with Gasteiger partial charge in [0, 0.05) is 12.2 Å². The van der Waals surface area contributed by atoms with Crippen LogP contribution in [0, 0.1) is 6.92 Å². The molecule has 0 spiro atoms. The van der Waals surface area contributed by atoms with Crippen molar-refractivity contribution >= 4 is 5.97 Å². The van der Waals surface area contributed by atoms with Gasteiger partial charge < -0.3 is 4.74 Å². The van der Waals surface area contributed by atoms with Crippen molar-refractivity contribution in [3.05, 3.63) is 29.6 Å². The van der Waals surface area contributed by atoms with E-state index in [1.807, 2.05) is 25.1 Å². The van der Waals surface area contributed by atoms with Gasteiger partial charge in [0.1, 0.15) is 6.04 Å². The lowest BCUT2D eigenvalue weighted by molar-refractivity contribution is -0.147. The van der Waals surface area contributed by atoms with E-state index in [1.54, 1.807) is 0 Å². The molecular weight excluding hydrogens is 252 g/mol. The second kappa shape index (κ2) is 8.69. The highest BCUT2D eigenvalue weighted by atomic mass is 16.5. The van der Waals surface area contributed by atoms with Crippen LogP contribution >= 0.6 is 0 Å². The average molecular weight is 278 g/mol. The Morgan fingerprint density at radius 2 is 2.15 bits per heavy atom. The molecule has 0 aliphatic carbocycles. The predicted molar refractivity (Wildman–Crippen MR) is 80.4 cm³/mol. The molecule has 0 saturated carbocycles. The molecule has 1 rings (SSSR count).